The molecular formula is C28H27N7O2. The number of anilines is 3. The first-order chi connectivity index (χ1) is 18.0. The Morgan fingerprint density at radius 2 is 1.97 bits per heavy atom. The van der Waals surface area contributed by atoms with Crippen LogP contribution in [0.2, 0.25) is 0 Å². The van der Waals surface area contributed by atoms with Crippen molar-refractivity contribution in [3.63, 3.8) is 0 Å². The Hall–Kier alpha value is -4.40. The van der Waals surface area contributed by atoms with E-state index in [1.165, 1.54) is 0 Å². The highest BCUT2D eigenvalue weighted by atomic mass is 16.2. The molecular weight excluding hydrogens is 466 g/mol. The highest BCUT2D eigenvalue weighted by molar-refractivity contribution is 6.07. The summed E-state index contributed by atoms with van der Waals surface area (Å²) in [6, 6.07) is 11.7. The van der Waals surface area contributed by atoms with E-state index in [0.29, 0.717) is 23.6 Å². The lowest BCUT2D eigenvalue weighted by Gasteiger charge is -2.24. The van der Waals surface area contributed by atoms with E-state index < -0.39 is 0 Å². The van der Waals surface area contributed by atoms with E-state index >= 15 is 0 Å². The lowest BCUT2D eigenvalue weighted by Crippen LogP contribution is -2.41. The van der Waals surface area contributed by atoms with Gasteiger partial charge in [0.1, 0.15) is 17.5 Å². The molecule has 3 aliphatic heterocycles. The third kappa shape index (κ3) is 3.30. The Labute approximate surface area is 213 Å². The van der Waals surface area contributed by atoms with Gasteiger partial charge >= 0.3 is 0 Å². The minimum Gasteiger partial charge on any atom is -0.358 e. The lowest BCUT2D eigenvalue weighted by molar-refractivity contribution is -0.122. The van der Waals surface area contributed by atoms with Gasteiger partial charge in [-0.3, -0.25) is 9.59 Å². The van der Waals surface area contributed by atoms with Crippen molar-refractivity contribution in [1.82, 2.24) is 25.2 Å². The molecule has 1 unspecified atom stereocenters. The summed E-state index contributed by atoms with van der Waals surface area (Å²) in [6.45, 7) is 3.28. The number of carbonyl (C=O) groups is 2. The van der Waals surface area contributed by atoms with Gasteiger partial charge in [0.2, 0.25) is 5.91 Å². The van der Waals surface area contributed by atoms with Crippen LogP contribution in [-0.2, 0) is 18.4 Å². The average Bonchev–Trinajstić information content (AvgIpc) is 3.62. The normalized spacial score (nSPS) is 20.2. The predicted molar refractivity (Wildman–Crippen MR) is 142 cm³/mol. The van der Waals surface area contributed by atoms with Crippen molar-refractivity contribution in [2.45, 2.75) is 38.4 Å². The lowest BCUT2D eigenvalue weighted by atomic mass is 9.94. The minimum atomic E-state index is -0.203. The van der Waals surface area contributed by atoms with E-state index in [2.05, 4.69) is 38.0 Å². The first-order valence-electron chi connectivity index (χ1n) is 12.7. The van der Waals surface area contributed by atoms with Crippen molar-refractivity contribution in [1.29, 1.82) is 0 Å². The third-order valence-corrected chi connectivity index (χ3v) is 7.82. The second-order valence-electron chi connectivity index (χ2n) is 10.0. The number of aryl methyl sites for hydroxylation is 1. The number of rotatable bonds is 3. The van der Waals surface area contributed by atoms with Crippen LogP contribution in [0.5, 0.6) is 0 Å². The summed E-state index contributed by atoms with van der Waals surface area (Å²) in [6.07, 6.45) is 5.66. The van der Waals surface area contributed by atoms with Crippen LogP contribution in [0.3, 0.4) is 0 Å². The number of amides is 2. The SMILES string of the molecule is CC1NC(=O)[C@H]2CCCN2c2ccc(Nc3ccc(-c4ccnc5c4ccn5C)c4c3C(=O)NC4)nc21. The van der Waals surface area contributed by atoms with Crippen LogP contribution in [0.4, 0.5) is 17.2 Å². The maximum Gasteiger partial charge on any atom is 0.254 e. The van der Waals surface area contributed by atoms with Crippen molar-refractivity contribution in [3.05, 3.63) is 65.6 Å². The quantitative estimate of drug-likeness (QED) is 0.401. The third-order valence-electron chi connectivity index (χ3n) is 7.82. The molecule has 2 amide bonds. The maximum absolute atomic E-state index is 13.0. The Balaban J connectivity index is 1.29. The van der Waals surface area contributed by atoms with Crippen molar-refractivity contribution in [2.75, 3.05) is 16.8 Å². The first kappa shape index (κ1) is 21.8. The molecule has 3 aromatic heterocycles. The zero-order valence-electron chi connectivity index (χ0n) is 20.7. The molecule has 9 nitrogen and oxygen atoms in total. The Morgan fingerprint density at radius 3 is 2.86 bits per heavy atom. The predicted octanol–water partition coefficient (Wildman–Crippen LogP) is 3.78. The molecule has 7 rings (SSSR count). The van der Waals surface area contributed by atoms with E-state index in [0.717, 1.165) is 58.5 Å². The maximum atomic E-state index is 13.0. The average molecular weight is 494 g/mol. The Morgan fingerprint density at radius 1 is 1.08 bits per heavy atom. The van der Waals surface area contributed by atoms with Gasteiger partial charge in [-0.05, 0) is 66.8 Å². The second kappa shape index (κ2) is 8.06. The molecule has 0 saturated carbocycles. The summed E-state index contributed by atoms with van der Waals surface area (Å²) in [4.78, 5) is 37.3. The number of nitrogens with zero attached hydrogens (tertiary/aromatic N) is 4. The fourth-order valence-electron chi connectivity index (χ4n) is 6.05. The number of benzene rings is 1. The molecule has 9 heteroatoms. The molecule has 0 aliphatic carbocycles. The van der Waals surface area contributed by atoms with E-state index in [9.17, 15) is 9.59 Å². The molecule has 6 heterocycles. The van der Waals surface area contributed by atoms with Crippen molar-refractivity contribution in [2.24, 2.45) is 7.05 Å². The molecule has 0 spiro atoms. The van der Waals surface area contributed by atoms with Crippen LogP contribution in [0.25, 0.3) is 22.2 Å². The van der Waals surface area contributed by atoms with Gasteiger partial charge in [0, 0.05) is 37.9 Å². The molecule has 1 fully saturated rings. The van der Waals surface area contributed by atoms with Gasteiger partial charge in [0.15, 0.2) is 0 Å². The van der Waals surface area contributed by atoms with Crippen molar-refractivity contribution in [3.8, 4) is 11.1 Å². The molecule has 186 valence electrons. The summed E-state index contributed by atoms with van der Waals surface area (Å²) in [7, 11) is 1.98. The van der Waals surface area contributed by atoms with Gasteiger partial charge < -0.3 is 25.4 Å². The van der Waals surface area contributed by atoms with Crippen LogP contribution in [-0.4, -0.2) is 38.9 Å². The van der Waals surface area contributed by atoms with E-state index in [1.54, 1.807) is 0 Å². The summed E-state index contributed by atoms with van der Waals surface area (Å²) >= 11 is 0. The zero-order chi connectivity index (χ0) is 25.3. The molecule has 3 aliphatic rings. The zero-order valence-corrected chi connectivity index (χ0v) is 20.7. The number of pyridine rings is 2. The summed E-state index contributed by atoms with van der Waals surface area (Å²) < 4.78 is 2.00. The van der Waals surface area contributed by atoms with Gasteiger partial charge in [-0.15, -0.1) is 0 Å². The summed E-state index contributed by atoms with van der Waals surface area (Å²) in [5.41, 5.74) is 7.12. The van der Waals surface area contributed by atoms with Crippen LogP contribution in [0.1, 0.15) is 47.4 Å². The summed E-state index contributed by atoms with van der Waals surface area (Å²) in [5.74, 6) is 0.598. The molecule has 37 heavy (non-hydrogen) atoms. The van der Waals surface area contributed by atoms with Crippen LogP contribution in [0, 0.1) is 0 Å². The molecule has 0 bridgehead atoms. The molecule has 3 N–H and O–H groups in total. The number of hydrogen-bond acceptors (Lipinski definition) is 6. The monoisotopic (exact) mass is 493 g/mol. The largest absolute Gasteiger partial charge is 0.358 e. The van der Waals surface area contributed by atoms with E-state index in [4.69, 9.17) is 4.98 Å². The number of aromatic nitrogens is 3. The first-order valence-corrected chi connectivity index (χ1v) is 12.7. The number of hydrogen-bond donors (Lipinski definition) is 3. The smallest absolute Gasteiger partial charge is 0.254 e. The van der Waals surface area contributed by atoms with Gasteiger partial charge in [0.25, 0.3) is 5.91 Å². The fraction of sp³-hybridized carbons (Fsp3) is 0.286. The number of fused-ring (bicyclic) bond motifs is 5. The van der Waals surface area contributed by atoms with E-state index in [1.807, 2.05) is 55.2 Å². The molecule has 0 radical (unpaired) electrons. The molecule has 2 atom stereocenters. The van der Waals surface area contributed by atoms with E-state index in [-0.39, 0.29) is 23.9 Å². The summed E-state index contributed by atoms with van der Waals surface area (Å²) in [5, 5.41) is 10.6. The van der Waals surface area contributed by atoms with Gasteiger partial charge in [-0.1, -0.05) is 6.07 Å². The standard InChI is InChI=1S/C28H27N7O2/c1-15-25-21(35-12-3-4-22(35)27(36)31-15)7-8-23(33-25)32-20-6-5-16(19-14-30-28(37)24(19)20)17-9-11-29-26-18(17)10-13-34(26)2/h5-11,13,15,22H,3-4,12,14H2,1-2H3,(H,30,37)(H,31,36)(H,32,33)/t15?,22-/m1/s1. The minimum absolute atomic E-state index is 0.0613. The molecule has 1 aromatic carbocycles. The highest BCUT2D eigenvalue weighted by Crippen LogP contribution is 2.39. The highest BCUT2D eigenvalue weighted by Gasteiger charge is 2.37. The fourth-order valence-corrected chi connectivity index (χ4v) is 6.05. The van der Waals surface area contributed by atoms with Crippen LogP contribution < -0.4 is 20.9 Å². The molecule has 1 saturated heterocycles. The van der Waals surface area contributed by atoms with Gasteiger partial charge in [-0.25, -0.2) is 9.97 Å². The van der Waals surface area contributed by atoms with Gasteiger partial charge in [-0.2, -0.15) is 0 Å². The van der Waals surface area contributed by atoms with Gasteiger partial charge in [0.05, 0.1) is 28.7 Å². The van der Waals surface area contributed by atoms with Crippen molar-refractivity contribution >= 4 is 40.0 Å². The van der Waals surface area contributed by atoms with Crippen LogP contribution >= 0.6 is 0 Å². The molecule has 4 aromatic rings. The van der Waals surface area contributed by atoms with Crippen LogP contribution in [0.15, 0.2) is 48.8 Å². The Kier molecular flexibility index (Phi) is 4.76. The number of nitrogens with one attached hydrogen (secondary N) is 3. The number of carbonyl (C=O) groups excluding carboxylic acids is 2. The second-order valence-corrected chi connectivity index (χ2v) is 10.0. The topological polar surface area (TPSA) is 104 Å². The van der Waals surface area contributed by atoms with Crippen molar-refractivity contribution < 1.29 is 9.59 Å². The Bertz CT molecular complexity index is 1610.